The third-order valence-corrected chi connectivity index (χ3v) is 2.55. The SMILES string of the molecule is CCOC(=O)CN(C)C(=O)c1ccc(C#CCN)cc1F. The first kappa shape index (κ1) is 16.7. The molecule has 0 fully saturated rings. The van der Waals surface area contributed by atoms with E-state index < -0.39 is 17.7 Å². The molecule has 0 saturated carbocycles. The lowest BCUT2D eigenvalue weighted by Gasteiger charge is -2.16. The van der Waals surface area contributed by atoms with Gasteiger partial charge in [-0.1, -0.05) is 11.8 Å². The van der Waals surface area contributed by atoms with E-state index in [1.54, 1.807) is 6.92 Å². The smallest absolute Gasteiger partial charge is 0.325 e. The van der Waals surface area contributed by atoms with E-state index in [4.69, 9.17) is 10.5 Å². The van der Waals surface area contributed by atoms with Gasteiger partial charge in [0, 0.05) is 12.6 Å². The van der Waals surface area contributed by atoms with E-state index in [2.05, 4.69) is 11.8 Å². The van der Waals surface area contributed by atoms with Gasteiger partial charge in [-0.25, -0.2) is 4.39 Å². The van der Waals surface area contributed by atoms with Gasteiger partial charge in [0.15, 0.2) is 0 Å². The molecule has 0 unspecified atom stereocenters. The molecule has 5 nitrogen and oxygen atoms in total. The van der Waals surface area contributed by atoms with E-state index in [0.717, 1.165) is 11.0 Å². The highest BCUT2D eigenvalue weighted by Crippen LogP contribution is 2.12. The Labute approximate surface area is 122 Å². The van der Waals surface area contributed by atoms with Crippen molar-refractivity contribution in [2.45, 2.75) is 6.92 Å². The normalized spacial score (nSPS) is 9.52. The van der Waals surface area contributed by atoms with E-state index in [1.165, 1.54) is 19.2 Å². The topological polar surface area (TPSA) is 72.6 Å². The van der Waals surface area contributed by atoms with Crippen LogP contribution in [0.3, 0.4) is 0 Å². The Balaban J connectivity index is 2.85. The number of halogens is 1. The third kappa shape index (κ3) is 4.89. The number of amides is 1. The number of nitrogens with two attached hydrogens (primary N) is 1. The van der Waals surface area contributed by atoms with Gasteiger partial charge in [0.05, 0.1) is 18.7 Å². The minimum atomic E-state index is -0.695. The van der Waals surface area contributed by atoms with Crippen LogP contribution >= 0.6 is 0 Å². The Morgan fingerprint density at radius 3 is 2.71 bits per heavy atom. The lowest BCUT2D eigenvalue weighted by Crippen LogP contribution is -2.33. The van der Waals surface area contributed by atoms with Gasteiger partial charge in [-0.3, -0.25) is 9.59 Å². The van der Waals surface area contributed by atoms with Gasteiger partial charge in [0.25, 0.3) is 5.91 Å². The first-order chi connectivity index (χ1) is 9.99. The van der Waals surface area contributed by atoms with Crippen LogP contribution in [0.25, 0.3) is 0 Å². The number of benzene rings is 1. The summed E-state index contributed by atoms with van der Waals surface area (Å²) in [5, 5.41) is 0. The van der Waals surface area contributed by atoms with Crippen LogP contribution in [0.2, 0.25) is 0 Å². The average molecular weight is 292 g/mol. The molecule has 1 rings (SSSR count). The summed E-state index contributed by atoms with van der Waals surface area (Å²) in [6, 6.07) is 4.02. The zero-order valence-corrected chi connectivity index (χ0v) is 12.0. The number of ether oxygens (including phenoxy) is 1. The molecule has 21 heavy (non-hydrogen) atoms. The van der Waals surface area contributed by atoms with Gasteiger partial charge in [0.1, 0.15) is 12.4 Å². The lowest BCUT2D eigenvalue weighted by atomic mass is 10.1. The molecule has 1 aromatic carbocycles. The number of hydrogen-bond donors (Lipinski definition) is 1. The Morgan fingerprint density at radius 2 is 2.14 bits per heavy atom. The van der Waals surface area contributed by atoms with Crippen LogP contribution in [0, 0.1) is 17.7 Å². The van der Waals surface area contributed by atoms with Crippen molar-refractivity contribution in [1.82, 2.24) is 4.90 Å². The molecular formula is C15H17FN2O3. The summed E-state index contributed by atoms with van der Waals surface area (Å²) in [6.07, 6.45) is 0. The molecule has 0 radical (unpaired) electrons. The molecule has 0 aliphatic carbocycles. The van der Waals surface area contributed by atoms with Crippen molar-refractivity contribution in [3.05, 3.63) is 35.1 Å². The number of hydrogen-bond acceptors (Lipinski definition) is 4. The monoisotopic (exact) mass is 292 g/mol. The molecule has 0 saturated heterocycles. The molecule has 0 heterocycles. The maximum Gasteiger partial charge on any atom is 0.325 e. The highest BCUT2D eigenvalue weighted by molar-refractivity contribution is 5.96. The van der Waals surface area contributed by atoms with Gasteiger partial charge in [-0.05, 0) is 25.1 Å². The Hall–Kier alpha value is -2.39. The van der Waals surface area contributed by atoms with Crippen molar-refractivity contribution in [3.63, 3.8) is 0 Å². The van der Waals surface area contributed by atoms with Crippen molar-refractivity contribution in [1.29, 1.82) is 0 Å². The van der Waals surface area contributed by atoms with Crippen molar-refractivity contribution in [2.24, 2.45) is 5.73 Å². The number of carbonyl (C=O) groups excluding carboxylic acids is 2. The predicted molar refractivity (Wildman–Crippen MR) is 75.9 cm³/mol. The standard InChI is InChI=1S/C15H17FN2O3/c1-3-21-14(19)10-18(2)15(20)12-7-6-11(5-4-8-17)9-13(12)16/h6-7,9H,3,8,10,17H2,1-2H3. The number of carbonyl (C=O) groups is 2. The fourth-order valence-corrected chi connectivity index (χ4v) is 1.60. The Kier molecular flexibility index (Phi) is 6.37. The summed E-state index contributed by atoms with van der Waals surface area (Å²) in [5.41, 5.74) is 5.54. The van der Waals surface area contributed by atoms with Gasteiger partial charge >= 0.3 is 5.97 Å². The second-order valence-corrected chi connectivity index (χ2v) is 4.17. The molecule has 0 aliphatic heterocycles. The van der Waals surface area contributed by atoms with Gasteiger partial charge in [-0.15, -0.1) is 0 Å². The Morgan fingerprint density at radius 1 is 1.43 bits per heavy atom. The van der Waals surface area contributed by atoms with Gasteiger partial charge < -0.3 is 15.4 Å². The number of nitrogens with zero attached hydrogens (tertiary/aromatic N) is 1. The average Bonchev–Trinajstić information content (AvgIpc) is 2.44. The molecule has 112 valence electrons. The molecule has 0 aromatic heterocycles. The molecule has 0 spiro atoms. The van der Waals surface area contributed by atoms with Crippen LogP contribution in [0.5, 0.6) is 0 Å². The van der Waals surface area contributed by atoms with Crippen LogP contribution in [-0.2, 0) is 9.53 Å². The van der Waals surface area contributed by atoms with Crippen LogP contribution in [-0.4, -0.2) is 43.5 Å². The number of rotatable bonds is 4. The molecule has 2 N–H and O–H groups in total. The van der Waals surface area contributed by atoms with E-state index in [-0.39, 0.29) is 25.3 Å². The van der Waals surface area contributed by atoms with Crippen LogP contribution < -0.4 is 5.73 Å². The number of esters is 1. The minimum Gasteiger partial charge on any atom is -0.465 e. The van der Waals surface area contributed by atoms with E-state index in [0.29, 0.717) is 5.56 Å². The molecule has 0 aliphatic rings. The van der Waals surface area contributed by atoms with Crippen molar-refractivity contribution in [3.8, 4) is 11.8 Å². The summed E-state index contributed by atoms with van der Waals surface area (Å²) in [6.45, 7) is 1.83. The van der Waals surface area contributed by atoms with E-state index in [9.17, 15) is 14.0 Å². The van der Waals surface area contributed by atoms with Crippen molar-refractivity contribution < 1.29 is 18.7 Å². The van der Waals surface area contributed by atoms with Crippen molar-refractivity contribution >= 4 is 11.9 Å². The maximum atomic E-state index is 13.9. The molecule has 1 aromatic rings. The fourth-order valence-electron chi connectivity index (χ4n) is 1.60. The molecule has 1 amide bonds. The summed E-state index contributed by atoms with van der Waals surface area (Å²) in [5.74, 6) is 3.44. The molecule has 0 bridgehead atoms. The van der Waals surface area contributed by atoms with Gasteiger partial charge in [0.2, 0.25) is 0 Å². The zero-order valence-electron chi connectivity index (χ0n) is 12.0. The summed E-state index contributed by atoms with van der Waals surface area (Å²) >= 11 is 0. The Bertz CT molecular complexity index is 590. The number of likely N-dealkylation sites (N-methyl/N-ethyl adjacent to an activating group) is 1. The second-order valence-electron chi connectivity index (χ2n) is 4.17. The summed E-state index contributed by atoms with van der Waals surface area (Å²) in [7, 11) is 1.40. The minimum absolute atomic E-state index is 0.125. The van der Waals surface area contributed by atoms with E-state index >= 15 is 0 Å². The zero-order chi connectivity index (χ0) is 15.8. The quantitative estimate of drug-likeness (QED) is 0.657. The van der Waals surface area contributed by atoms with Crippen LogP contribution in [0.15, 0.2) is 18.2 Å². The van der Waals surface area contributed by atoms with Crippen molar-refractivity contribution in [2.75, 3.05) is 26.7 Å². The van der Waals surface area contributed by atoms with Crippen LogP contribution in [0.4, 0.5) is 4.39 Å². The van der Waals surface area contributed by atoms with Gasteiger partial charge in [-0.2, -0.15) is 0 Å². The van der Waals surface area contributed by atoms with Crippen LogP contribution in [0.1, 0.15) is 22.8 Å². The van der Waals surface area contributed by atoms with E-state index in [1.807, 2.05) is 0 Å². The maximum absolute atomic E-state index is 13.9. The lowest BCUT2D eigenvalue weighted by molar-refractivity contribution is -0.143. The highest BCUT2D eigenvalue weighted by Gasteiger charge is 2.18. The second kappa shape index (κ2) is 8.02. The first-order valence-corrected chi connectivity index (χ1v) is 6.39. The highest BCUT2D eigenvalue weighted by atomic mass is 19.1. The largest absolute Gasteiger partial charge is 0.465 e. The molecule has 0 atom stereocenters. The first-order valence-electron chi connectivity index (χ1n) is 6.39. The molecular weight excluding hydrogens is 275 g/mol. The fraction of sp³-hybridized carbons (Fsp3) is 0.333. The molecule has 6 heteroatoms. The summed E-state index contributed by atoms with van der Waals surface area (Å²) in [4.78, 5) is 24.5. The predicted octanol–water partition coefficient (Wildman–Crippen LogP) is 0.771. The summed E-state index contributed by atoms with van der Waals surface area (Å²) < 4.78 is 18.6. The third-order valence-electron chi connectivity index (χ3n) is 2.55.